The van der Waals surface area contributed by atoms with Crippen molar-refractivity contribution in [1.82, 2.24) is 5.32 Å². The van der Waals surface area contributed by atoms with Gasteiger partial charge in [0.25, 0.3) is 0 Å². The van der Waals surface area contributed by atoms with E-state index in [9.17, 15) is 9.59 Å². The third-order valence-corrected chi connectivity index (χ3v) is 5.85. The molecular weight excluding hydrogens is 498 g/mol. The van der Waals surface area contributed by atoms with E-state index in [2.05, 4.69) is 16.0 Å². The van der Waals surface area contributed by atoms with E-state index in [-0.39, 0.29) is 57.2 Å². The van der Waals surface area contributed by atoms with Gasteiger partial charge < -0.3 is 21.4 Å². The van der Waals surface area contributed by atoms with Crippen LogP contribution in [0.3, 0.4) is 0 Å². The Hall–Kier alpha value is -1.71. The van der Waals surface area contributed by atoms with Crippen molar-refractivity contribution in [3.63, 3.8) is 0 Å². The summed E-state index contributed by atoms with van der Waals surface area (Å²) in [6.45, 7) is 1.81. The molecule has 0 saturated heterocycles. The first-order valence-corrected chi connectivity index (χ1v) is 11.0. The fourth-order valence-corrected chi connectivity index (χ4v) is 3.59. The van der Waals surface area contributed by atoms with Crippen molar-refractivity contribution in [1.29, 1.82) is 5.41 Å². The van der Waals surface area contributed by atoms with Gasteiger partial charge in [-0.2, -0.15) is 0 Å². The minimum atomic E-state index is -1.07. The second kappa shape index (κ2) is 13.4. The van der Waals surface area contributed by atoms with E-state index >= 15 is 0 Å². The summed E-state index contributed by atoms with van der Waals surface area (Å²) in [4.78, 5) is 26.4. The van der Waals surface area contributed by atoms with Crippen LogP contribution in [0.2, 0.25) is 10.0 Å². The van der Waals surface area contributed by atoms with Gasteiger partial charge in [-0.3, -0.25) is 9.59 Å². The quantitative estimate of drug-likeness (QED) is 0.193. The molecule has 0 aliphatic heterocycles. The Morgan fingerprint density at radius 2 is 1.53 bits per heavy atom. The van der Waals surface area contributed by atoms with Crippen LogP contribution in [-0.2, 0) is 9.59 Å². The molecule has 3 aromatic carbocycles. The van der Waals surface area contributed by atoms with Gasteiger partial charge in [0, 0.05) is 5.69 Å². The first-order valence-electron chi connectivity index (χ1n) is 10.2. The van der Waals surface area contributed by atoms with E-state index in [1.807, 2.05) is 13.0 Å². The molecular formula is C25H23Cl2KN4O2. The first kappa shape index (κ1) is 28.5. The van der Waals surface area contributed by atoms with Gasteiger partial charge >= 0.3 is 51.4 Å². The normalized spacial score (nSPS) is 12.0. The standard InChI is InChI=1S/C25H24Cl2N4O2.K/c1-15(18-10-13-20(26)21(27)14-18)30-24(32)22(16-6-4-3-5-7-16)25(33)31-19-11-8-17(9-12-19)23(28)29-2;/h3-15,22H,1-2H3,(H4,28,29,30,31,32,33);/q;+1/p-1. The predicted molar refractivity (Wildman–Crippen MR) is 133 cm³/mol. The van der Waals surface area contributed by atoms with E-state index in [1.165, 1.54) is 0 Å². The Balaban J connectivity index is 0.00000408. The van der Waals surface area contributed by atoms with Crippen molar-refractivity contribution in [2.75, 3.05) is 12.4 Å². The molecule has 0 aliphatic rings. The second-order valence-electron chi connectivity index (χ2n) is 7.39. The summed E-state index contributed by atoms with van der Waals surface area (Å²) in [5.74, 6) is -1.84. The van der Waals surface area contributed by atoms with Crippen molar-refractivity contribution in [2.24, 2.45) is 0 Å². The molecule has 34 heavy (non-hydrogen) atoms. The average Bonchev–Trinajstić information content (AvgIpc) is 2.81. The van der Waals surface area contributed by atoms with Crippen LogP contribution < -0.4 is 62.0 Å². The van der Waals surface area contributed by atoms with Gasteiger partial charge in [-0.05, 0) is 47.9 Å². The van der Waals surface area contributed by atoms with Crippen molar-refractivity contribution < 1.29 is 61.0 Å². The molecule has 2 amide bonds. The zero-order chi connectivity index (χ0) is 24.0. The minimum Gasteiger partial charge on any atom is -0.482 e. The molecule has 2 unspecified atom stereocenters. The van der Waals surface area contributed by atoms with Crippen LogP contribution in [-0.4, -0.2) is 24.7 Å². The molecule has 170 valence electrons. The van der Waals surface area contributed by atoms with E-state index in [1.54, 1.807) is 73.8 Å². The monoisotopic (exact) mass is 520 g/mol. The molecule has 0 aromatic heterocycles. The maximum atomic E-state index is 13.2. The number of rotatable bonds is 7. The molecule has 3 rings (SSSR count). The Morgan fingerprint density at radius 1 is 0.882 bits per heavy atom. The number of benzene rings is 3. The Kier molecular flexibility index (Phi) is 11.2. The van der Waals surface area contributed by atoms with Gasteiger partial charge in [-0.1, -0.05) is 84.6 Å². The summed E-state index contributed by atoms with van der Waals surface area (Å²) < 4.78 is 0. The fraction of sp³-hybridized carbons (Fsp3) is 0.160. The number of nitrogens with one attached hydrogen (secondary N) is 3. The van der Waals surface area contributed by atoms with Gasteiger partial charge in [0.1, 0.15) is 5.92 Å². The van der Waals surface area contributed by atoms with E-state index in [0.717, 1.165) is 5.56 Å². The van der Waals surface area contributed by atoms with Crippen molar-refractivity contribution in [3.05, 3.63) is 105 Å². The number of carbonyl (C=O) groups excluding carboxylic acids is 2. The molecule has 2 atom stereocenters. The number of nitrogens with zero attached hydrogens (tertiary/aromatic N) is 1. The molecule has 0 radical (unpaired) electrons. The number of amidine groups is 1. The molecule has 0 heterocycles. The molecule has 0 spiro atoms. The van der Waals surface area contributed by atoms with E-state index < -0.39 is 23.8 Å². The summed E-state index contributed by atoms with van der Waals surface area (Å²) in [7, 11) is 1.54. The van der Waals surface area contributed by atoms with Crippen molar-refractivity contribution in [3.8, 4) is 0 Å². The van der Waals surface area contributed by atoms with Gasteiger partial charge in [0.05, 0.1) is 16.1 Å². The molecule has 0 bridgehead atoms. The van der Waals surface area contributed by atoms with E-state index in [4.69, 9.17) is 28.6 Å². The summed E-state index contributed by atoms with van der Waals surface area (Å²) in [6, 6.07) is 20.3. The smallest absolute Gasteiger partial charge is 0.482 e. The molecule has 0 aliphatic carbocycles. The number of hydrogen-bond donors (Lipinski definition) is 3. The van der Waals surface area contributed by atoms with Crippen LogP contribution in [0.4, 0.5) is 5.69 Å². The zero-order valence-corrected chi connectivity index (χ0v) is 23.7. The summed E-state index contributed by atoms with van der Waals surface area (Å²) in [5, 5.41) is 18.1. The predicted octanol–water partition coefficient (Wildman–Crippen LogP) is 2.93. The number of amides is 2. The fourth-order valence-electron chi connectivity index (χ4n) is 3.28. The number of anilines is 1. The third-order valence-electron chi connectivity index (χ3n) is 5.11. The van der Waals surface area contributed by atoms with Crippen LogP contribution in [0.5, 0.6) is 0 Å². The number of hydrogen-bond acceptors (Lipinski definition) is 3. The van der Waals surface area contributed by atoms with Crippen molar-refractivity contribution >= 4 is 46.5 Å². The second-order valence-corrected chi connectivity index (χ2v) is 8.20. The molecule has 0 saturated carbocycles. The van der Waals surface area contributed by atoms with Gasteiger partial charge in [-0.25, -0.2) is 0 Å². The zero-order valence-electron chi connectivity index (χ0n) is 19.1. The Bertz CT molecular complexity index is 1160. The summed E-state index contributed by atoms with van der Waals surface area (Å²) in [5.41, 5.74) is 2.48. The van der Waals surface area contributed by atoms with Crippen LogP contribution >= 0.6 is 23.2 Å². The topological polar surface area (TPSA) is 96.2 Å². The minimum absolute atomic E-state index is 0. The SMILES string of the molecule is C[N-]C(=N)c1ccc(NC(=O)C(C(=O)NC(C)c2ccc(Cl)c(Cl)c2)c2ccccc2)cc1.[K+]. The Labute approximate surface area is 251 Å². The van der Waals surface area contributed by atoms with E-state index in [0.29, 0.717) is 26.9 Å². The number of carbonyl (C=O) groups is 2. The average molecular weight is 521 g/mol. The van der Waals surface area contributed by atoms with Crippen LogP contribution in [0.15, 0.2) is 72.8 Å². The van der Waals surface area contributed by atoms with Gasteiger partial charge in [0.2, 0.25) is 11.8 Å². The Morgan fingerprint density at radius 3 is 2.12 bits per heavy atom. The molecule has 9 heteroatoms. The summed E-state index contributed by atoms with van der Waals surface area (Å²) >= 11 is 12.1. The van der Waals surface area contributed by atoms with Crippen LogP contribution in [0, 0.1) is 5.41 Å². The number of halogens is 2. The van der Waals surface area contributed by atoms with Crippen molar-refractivity contribution in [2.45, 2.75) is 18.9 Å². The van der Waals surface area contributed by atoms with Crippen LogP contribution in [0.25, 0.3) is 5.32 Å². The summed E-state index contributed by atoms with van der Waals surface area (Å²) in [6.07, 6.45) is 0. The van der Waals surface area contributed by atoms with Gasteiger partial charge in [-0.15, -0.1) is 0 Å². The molecule has 6 nitrogen and oxygen atoms in total. The van der Waals surface area contributed by atoms with Gasteiger partial charge in [0.15, 0.2) is 0 Å². The third kappa shape index (κ3) is 7.39. The maximum absolute atomic E-state index is 13.2. The molecule has 3 aromatic rings. The first-order chi connectivity index (χ1) is 15.8. The van der Waals surface area contributed by atoms with Crippen LogP contribution in [0.1, 0.15) is 35.6 Å². The largest absolute Gasteiger partial charge is 1.00 e. The molecule has 3 N–H and O–H groups in total. The maximum Gasteiger partial charge on any atom is 1.00 e. The molecule has 0 fully saturated rings.